The molecule has 2 nitrogen and oxygen atoms in total. The maximum absolute atomic E-state index is 3.50. The third kappa shape index (κ3) is 0.789. The van der Waals surface area contributed by atoms with Crippen LogP contribution in [0, 0.1) is 0 Å². The summed E-state index contributed by atoms with van der Waals surface area (Å²) in [6.45, 7) is 8.35. The Bertz CT molecular complexity index is 130. The molecular weight excluding hydrogens is 124 g/mol. The van der Waals surface area contributed by atoms with Crippen molar-refractivity contribution in [3.63, 3.8) is 0 Å². The Hall–Kier alpha value is -0.0800. The molecule has 2 heteroatoms. The fourth-order valence-corrected chi connectivity index (χ4v) is 1.84. The standard InChI is InChI=1S/C8H16N2/c1-7(2)10-5-8(6-10)3-4-9-8/h7,9H,3-6H2,1-2H3. The second-order valence-corrected chi connectivity index (χ2v) is 3.96. The van der Waals surface area contributed by atoms with Crippen LogP contribution in [0.3, 0.4) is 0 Å². The highest BCUT2D eigenvalue weighted by atomic mass is 15.3. The van der Waals surface area contributed by atoms with Crippen LogP contribution in [0.4, 0.5) is 0 Å². The Morgan fingerprint density at radius 3 is 2.30 bits per heavy atom. The molecule has 1 spiro atoms. The molecule has 2 rings (SSSR count). The average Bonchev–Trinajstić information content (AvgIpc) is 1.54. The summed E-state index contributed by atoms with van der Waals surface area (Å²) in [5, 5.41) is 3.50. The first kappa shape index (κ1) is 6.62. The van der Waals surface area contributed by atoms with Crippen molar-refractivity contribution in [2.45, 2.75) is 31.8 Å². The van der Waals surface area contributed by atoms with Gasteiger partial charge in [-0.3, -0.25) is 4.90 Å². The Balaban J connectivity index is 1.82. The smallest absolute Gasteiger partial charge is 0.0449 e. The van der Waals surface area contributed by atoms with Crippen LogP contribution >= 0.6 is 0 Å². The van der Waals surface area contributed by atoms with E-state index in [1.807, 2.05) is 0 Å². The lowest BCUT2D eigenvalue weighted by atomic mass is 9.79. The van der Waals surface area contributed by atoms with Gasteiger partial charge in [0.25, 0.3) is 0 Å². The summed E-state index contributed by atoms with van der Waals surface area (Å²) in [5.74, 6) is 0. The van der Waals surface area contributed by atoms with E-state index in [9.17, 15) is 0 Å². The summed E-state index contributed by atoms with van der Waals surface area (Å²) >= 11 is 0. The zero-order valence-electron chi connectivity index (χ0n) is 6.85. The summed E-state index contributed by atoms with van der Waals surface area (Å²) in [6, 6.07) is 0.744. The van der Waals surface area contributed by atoms with Crippen molar-refractivity contribution in [3.8, 4) is 0 Å². The van der Waals surface area contributed by atoms with Gasteiger partial charge in [0.15, 0.2) is 0 Å². The minimum Gasteiger partial charge on any atom is -0.309 e. The van der Waals surface area contributed by atoms with Gasteiger partial charge in [-0.2, -0.15) is 0 Å². The van der Waals surface area contributed by atoms with Gasteiger partial charge in [-0.25, -0.2) is 0 Å². The Morgan fingerprint density at radius 2 is 2.00 bits per heavy atom. The molecule has 10 heavy (non-hydrogen) atoms. The third-order valence-electron chi connectivity index (χ3n) is 2.85. The van der Waals surface area contributed by atoms with Crippen LogP contribution in [0.5, 0.6) is 0 Å². The predicted molar refractivity (Wildman–Crippen MR) is 42.1 cm³/mol. The summed E-state index contributed by atoms with van der Waals surface area (Å²) < 4.78 is 0. The van der Waals surface area contributed by atoms with Gasteiger partial charge >= 0.3 is 0 Å². The highest BCUT2D eigenvalue weighted by Gasteiger charge is 2.47. The number of nitrogens with one attached hydrogen (secondary N) is 1. The van der Waals surface area contributed by atoms with Gasteiger partial charge in [0, 0.05) is 24.7 Å². The van der Waals surface area contributed by atoms with Crippen LogP contribution in [0.25, 0.3) is 0 Å². The van der Waals surface area contributed by atoms with Gasteiger partial charge in [-0.1, -0.05) is 0 Å². The molecule has 2 aliphatic rings. The molecule has 58 valence electrons. The third-order valence-corrected chi connectivity index (χ3v) is 2.85. The average molecular weight is 140 g/mol. The second kappa shape index (κ2) is 1.95. The monoisotopic (exact) mass is 140 g/mol. The van der Waals surface area contributed by atoms with Gasteiger partial charge < -0.3 is 5.32 Å². The van der Waals surface area contributed by atoms with Crippen LogP contribution in [0.2, 0.25) is 0 Å². The first-order valence-electron chi connectivity index (χ1n) is 4.21. The summed E-state index contributed by atoms with van der Waals surface area (Å²) in [7, 11) is 0. The quantitative estimate of drug-likeness (QED) is 0.568. The van der Waals surface area contributed by atoms with Crippen molar-refractivity contribution in [2.75, 3.05) is 19.6 Å². The molecule has 2 heterocycles. The van der Waals surface area contributed by atoms with Gasteiger partial charge in [0.1, 0.15) is 0 Å². The molecule has 0 amide bonds. The van der Waals surface area contributed by atoms with Crippen molar-refractivity contribution < 1.29 is 0 Å². The number of hydrogen-bond acceptors (Lipinski definition) is 2. The maximum Gasteiger partial charge on any atom is 0.0449 e. The number of likely N-dealkylation sites (tertiary alicyclic amines) is 1. The van der Waals surface area contributed by atoms with Gasteiger partial charge in [-0.05, 0) is 26.8 Å². The zero-order valence-corrected chi connectivity index (χ0v) is 6.85. The predicted octanol–water partition coefficient (Wildman–Crippen LogP) is 0.443. The lowest BCUT2D eigenvalue weighted by molar-refractivity contribution is -0.0247. The fraction of sp³-hybridized carbons (Fsp3) is 1.00. The van der Waals surface area contributed by atoms with E-state index >= 15 is 0 Å². The maximum atomic E-state index is 3.50. The Morgan fingerprint density at radius 1 is 1.40 bits per heavy atom. The first-order valence-corrected chi connectivity index (χ1v) is 4.21. The molecule has 0 unspecified atom stereocenters. The molecular formula is C8H16N2. The number of nitrogens with zero attached hydrogens (tertiary/aromatic N) is 1. The van der Waals surface area contributed by atoms with E-state index in [1.54, 1.807) is 0 Å². The number of rotatable bonds is 1. The number of hydrogen-bond donors (Lipinski definition) is 1. The largest absolute Gasteiger partial charge is 0.309 e. The highest BCUT2D eigenvalue weighted by molar-refractivity contribution is 5.09. The van der Waals surface area contributed by atoms with E-state index in [2.05, 4.69) is 24.1 Å². The van der Waals surface area contributed by atoms with Gasteiger partial charge in [0.05, 0.1) is 0 Å². The van der Waals surface area contributed by atoms with Crippen molar-refractivity contribution in [1.82, 2.24) is 10.2 Å². The summed E-state index contributed by atoms with van der Waals surface area (Å²) in [4.78, 5) is 2.52. The van der Waals surface area contributed by atoms with Gasteiger partial charge in [0.2, 0.25) is 0 Å². The molecule has 0 bridgehead atoms. The van der Waals surface area contributed by atoms with Crippen molar-refractivity contribution in [2.24, 2.45) is 0 Å². The normalized spacial score (nSPS) is 30.3. The molecule has 2 fully saturated rings. The van der Waals surface area contributed by atoms with Crippen LogP contribution in [0.1, 0.15) is 20.3 Å². The summed E-state index contributed by atoms with van der Waals surface area (Å²) in [6.07, 6.45) is 1.40. The molecule has 0 aromatic carbocycles. The molecule has 0 aliphatic carbocycles. The van der Waals surface area contributed by atoms with E-state index in [0.29, 0.717) is 5.54 Å². The van der Waals surface area contributed by atoms with E-state index in [-0.39, 0.29) is 0 Å². The molecule has 2 saturated heterocycles. The van der Waals surface area contributed by atoms with E-state index in [1.165, 1.54) is 26.1 Å². The van der Waals surface area contributed by atoms with Crippen LogP contribution in [-0.4, -0.2) is 36.1 Å². The van der Waals surface area contributed by atoms with Crippen molar-refractivity contribution >= 4 is 0 Å². The van der Waals surface area contributed by atoms with E-state index in [0.717, 1.165) is 6.04 Å². The minimum atomic E-state index is 0.574. The zero-order chi connectivity index (χ0) is 7.19. The van der Waals surface area contributed by atoms with E-state index in [4.69, 9.17) is 0 Å². The minimum absolute atomic E-state index is 0.574. The van der Waals surface area contributed by atoms with Gasteiger partial charge in [-0.15, -0.1) is 0 Å². The molecule has 0 aromatic heterocycles. The lowest BCUT2D eigenvalue weighted by Crippen LogP contribution is -2.76. The summed E-state index contributed by atoms with van der Waals surface area (Å²) in [5.41, 5.74) is 0.574. The second-order valence-electron chi connectivity index (χ2n) is 3.96. The van der Waals surface area contributed by atoms with Crippen LogP contribution in [0.15, 0.2) is 0 Å². The highest BCUT2D eigenvalue weighted by Crippen LogP contribution is 2.30. The van der Waals surface area contributed by atoms with Crippen LogP contribution in [-0.2, 0) is 0 Å². The molecule has 0 radical (unpaired) electrons. The molecule has 2 aliphatic heterocycles. The lowest BCUT2D eigenvalue weighted by Gasteiger charge is -2.58. The fourth-order valence-electron chi connectivity index (χ4n) is 1.84. The van der Waals surface area contributed by atoms with E-state index < -0.39 is 0 Å². The molecule has 0 atom stereocenters. The van der Waals surface area contributed by atoms with Crippen molar-refractivity contribution in [3.05, 3.63) is 0 Å². The van der Waals surface area contributed by atoms with Crippen molar-refractivity contribution in [1.29, 1.82) is 0 Å². The Kier molecular flexibility index (Phi) is 1.29. The SMILES string of the molecule is CC(C)N1CC2(CCN2)C1. The molecule has 0 saturated carbocycles. The molecule has 1 N–H and O–H groups in total. The van der Waals surface area contributed by atoms with Crippen LogP contribution < -0.4 is 5.32 Å². The molecule has 0 aromatic rings. The topological polar surface area (TPSA) is 15.3 Å². The first-order chi connectivity index (χ1) is 4.72. The Labute approximate surface area is 62.6 Å².